The van der Waals surface area contributed by atoms with Gasteiger partial charge in [0.1, 0.15) is 5.37 Å². The molecule has 2 rings (SSSR count). The topological polar surface area (TPSA) is 76.8 Å². The lowest BCUT2D eigenvalue weighted by Gasteiger charge is -2.48. The Balaban J connectivity index is 1.74. The van der Waals surface area contributed by atoms with Gasteiger partial charge in [-0.05, 0) is 44.4 Å². The van der Waals surface area contributed by atoms with E-state index in [1.54, 1.807) is 18.9 Å². The summed E-state index contributed by atoms with van der Waals surface area (Å²) in [7, 11) is 3.60. The molecule has 0 spiro atoms. The Bertz CT molecular complexity index is 646. The number of carbonyl (C=O) groups excluding carboxylic acids is 1. The third kappa shape index (κ3) is 6.85. The fraction of sp³-hybridized carbons (Fsp3) is 0.708. The van der Waals surface area contributed by atoms with Crippen LogP contribution in [0.2, 0.25) is 0 Å². The first kappa shape index (κ1) is 26.0. The number of nitrogens with two attached hydrogens (primary N) is 1. The van der Waals surface area contributed by atoms with Crippen molar-refractivity contribution in [1.82, 2.24) is 10.2 Å². The van der Waals surface area contributed by atoms with E-state index >= 15 is 0 Å². The van der Waals surface area contributed by atoms with Gasteiger partial charge in [0, 0.05) is 45.5 Å². The normalized spacial score (nSPS) is 29.4. The van der Waals surface area contributed by atoms with Crippen LogP contribution in [0.15, 0.2) is 35.9 Å². The summed E-state index contributed by atoms with van der Waals surface area (Å²) < 4.78 is 11.8. The standard InChI is InChI=1S/C24H41N3O3S/c1-7-10-18-17(4)21(22(18)29-6)24(28)27(5)12-8-9-13-30-20(15-19(25)16(2)3)23-26-11-14-31-23/h7,10-11,14,17-23,26H,2,8-9,12-13,15,25H2,1,3-6H3/b10-7-/t17?,18?,19-,20-,21?,22?,23?/m1/s1. The molecule has 2 aliphatic rings. The molecule has 6 nitrogen and oxygen atoms in total. The van der Waals surface area contributed by atoms with Crippen molar-refractivity contribution in [3.05, 3.63) is 35.9 Å². The molecular formula is C24H41N3O3S. The van der Waals surface area contributed by atoms with Crippen LogP contribution in [-0.2, 0) is 14.3 Å². The van der Waals surface area contributed by atoms with Crippen LogP contribution in [0.5, 0.6) is 0 Å². The molecule has 3 N–H and O–H groups in total. The van der Waals surface area contributed by atoms with Gasteiger partial charge in [-0.3, -0.25) is 4.79 Å². The number of rotatable bonds is 13. The highest BCUT2D eigenvalue weighted by molar-refractivity contribution is 8.02. The van der Waals surface area contributed by atoms with Gasteiger partial charge in [-0.2, -0.15) is 0 Å². The van der Waals surface area contributed by atoms with Crippen LogP contribution >= 0.6 is 11.8 Å². The lowest BCUT2D eigenvalue weighted by molar-refractivity contribution is -0.160. The van der Waals surface area contributed by atoms with E-state index in [0.717, 1.165) is 31.4 Å². The van der Waals surface area contributed by atoms with Crippen LogP contribution in [0.25, 0.3) is 0 Å². The highest BCUT2D eigenvalue weighted by Gasteiger charge is 2.51. The van der Waals surface area contributed by atoms with Crippen molar-refractivity contribution >= 4 is 17.7 Å². The maximum atomic E-state index is 12.9. The molecule has 0 saturated heterocycles. The van der Waals surface area contributed by atoms with Gasteiger partial charge in [0.25, 0.3) is 0 Å². The van der Waals surface area contributed by atoms with Crippen molar-refractivity contribution in [3.8, 4) is 0 Å². The summed E-state index contributed by atoms with van der Waals surface area (Å²) in [4.78, 5) is 14.8. The monoisotopic (exact) mass is 451 g/mol. The van der Waals surface area contributed by atoms with E-state index < -0.39 is 0 Å². The van der Waals surface area contributed by atoms with E-state index in [2.05, 4.69) is 24.9 Å². The van der Waals surface area contributed by atoms with Crippen molar-refractivity contribution in [3.63, 3.8) is 0 Å². The molecule has 176 valence electrons. The molecule has 0 radical (unpaired) electrons. The summed E-state index contributed by atoms with van der Waals surface area (Å²) in [6, 6.07) is -0.0682. The average Bonchev–Trinajstić information content (AvgIpc) is 3.28. The third-order valence-electron chi connectivity index (χ3n) is 6.49. The van der Waals surface area contributed by atoms with E-state index in [9.17, 15) is 4.79 Å². The number of methoxy groups -OCH3 is 1. The second-order valence-corrected chi connectivity index (χ2v) is 9.83. The van der Waals surface area contributed by atoms with E-state index in [1.165, 1.54) is 0 Å². The van der Waals surface area contributed by atoms with Crippen LogP contribution in [0.3, 0.4) is 0 Å². The molecule has 1 amide bonds. The molecule has 0 aromatic rings. The number of carbonyl (C=O) groups is 1. The Labute approximate surface area is 192 Å². The fourth-order valence-electron chi connectivity index (χ4n) is 4.38. The maximum Gasteiger partial charge on any atom is 0.228 e. The summed E-state index contributed by atoms with van der Waals surface area (Å²) in [6.45, 7) is 11.5. The van der Waals surface area contributed by atoms with Crippen LogP contribution in [-0.4, -0.2) is 61.7 Å². The van der Waals surface area contributed by atoms with Crippen LogP contribution in [0, 0.1) is 17.8 Å². The van der Waals surface area contributed by atoms with E-state index in [-0.39, 0.29) is 35.4 Å². The van der Waals surface area contributed by atoms with Gasteiger partial charge < -0.3 is 25.4 Å². The molecule has 0 aromatic heterocycles. The van der Waals surface area contributed by atoms with E-state index in [4.69, 9.17) is 15.2 Å². The number of allylic oxidation sites excluding steroid dienone is 1. The second-order valence-electron chi connectivity index (χ2n) is 8.78. The number of hydrogen-bond donors (Lipinski definition) is 2. The van der Waals surface area contributed by atoms with E-state index in [0.29, 0.717) is 18.4 Å². The number of nitrogens with zero attached hydrogens (tertiary/aromatic N) is 1. The Morgan fingerprint density at radius 1 is 1.42 bits per heavy atom. The summed E-state index contributed by atoms with van der Waals surface area (Å²) in [6.07, 6.45) is 8.70. The lowest BCUT2D eigenvalue weighted by atomic mass is 9.62. The fourth-order valence-corrected chi connectivity index (χ4v) is 5.23. The maximum absolute atomic E-state index is 12.9. The first-order valence-corrected chi connectivity index (χ1v) is 12.3. The molecule has 1 fully saturated rings. The number of amides is 1. The lowest BCUT2D eigenvalue weighted by Crippen LogP contribution is -2.57. The minimum Gasteiger partial charge on any atom is -0.380 e. The van der Waals surface area contributed by atoms with Gasteiger partial charge in [-0.25, -0.2) is 0 Å². The van der Waals surface area contributed by atoms with Crippen molar-refractivity contribution in [2.45, 2.75) is 63.7 Å². The summed E-state index contributed by atoms with van der Waals surface area (Å²) in [5, 5.41) is 5.56. The molecule has 7 atom stereocenters. The SMILES string of the molecule is C=C(C)[C@H](N)C[C@@H](OCCCCN(C)C(=O)C1C(C)C(/C=C\C)C1OC)C1NC=CS1. The average molecular weight is 452 g/mol. The minimum atomic E-state index is -0.0682. The van der Waals surface area contributed by atoms with Gasteiger partial charge in [0.05, 0.1) is 18.1 Å². The molecule has 0 aromatic carbocycles. The Kier molecular flexibility index (Phi) is 10.6. The third-order valence-corrected chi connectivity index (χ3v) is 7.51. The molecular weight excluding hydrogens is 410 g/mol. The van der Waals surface area contributed by atoms with Crippen LogP contribution in [0.1, 0.15) is 40.0 Å². The summed E-state index contributed by atoms with van der Waals surface area (Å²) in [5.74, 6) is 0.759. The largest absolute Gasteiger partial charge is 0.380 e. The van der Waals surface area contributed by atoms with Gasteiger partial charge >= 0.3 is 0 Å². The number of unbranched alkanes of at least 4 members (excludes halogenated alkanes) is 1. The molecule has 31 heavy (non-hydrogen) atoms. The van der Waals surface area contributed by atoms with Gasteiger partial charge in [-0.15, -0.1) is 11.8 Å². The summed E-state index contributed by atoms with van der Waals surface area (Å²) >= 11 is 1.72. The molecule has 7 heteroatoms. The zero-order valence-electron chi connectivity index (χ0n) is 19.8. The first-order chi connectivity index (χ1) is 14.8. The number of nitrogens with one attached hydrogen (secondary N) is 1. The first-order valence-electron chi connectivity index (χ1n) is 11.3. The van der Waals surface area contributed by atoms with Crippen molar-refractivity contribution in [2.75, 3.05) is 27.3 Å². The van der Waals surface area contributed by atoms with Crippen LogP contribution < -0.4 is 11.1 Å². The highest BCUT2D eigenvalue weighted by atomic mass is 32.2. The smallest absolute Gasteiger partial charge is 0.228 e. The van der Waals surface area contributed by atoms with Crippen molar-refractivity contribution < 1.29 is 14.3 Å². The predicted molar refractivity (Wildman–Crippen MR) is 129 cm³/mol. The Morgan fingerprint density at radius 3 is 2.74 bits per heavy atom. The van der Waals surface area contributed by atoms with Gasteiger partial charge in [-0.1, -0.05) is 31.2 Å². The molecule has 1 saturated carbocycles. The highest BCUT2D eigenvalue weighted by Crippen LogP contribution is 2.44. The van der Waals surface area contributed by atoms with Crippen LogP contribution in [0.4, 0.5) is 0 Å². The molecule has 1 aliphatic heterocycles. The van der Waals surface area contributed by atoms with Crippen molar-refractivity contribution in [2.24, 2.45) is 23.5 Å². The second kappa shape index (κ2) is 12.7. The molecule has 0 bridgehead atoms. The zero-order valence-corrected chi connectivity index (χ0v) is 20.6. The quantitative estimate of drug-likeness (QED) is 0.330. The van der Waals surface area contributed by atoms with Gasteiger partial charge in [0.15, 0.2) is 0 Å². The van der Waals surface area contributed by atoms with Gasteiger partial charge in [0.2, 0.25) is 5.91 Å². The zero-order chi connectivity index (χ0) is 23.0. The van der Waals surface area contributed by atoms with E-state index in [1.807, 2.05) is 43.5 Å². The Morgan fingerprint density at radius 2 is 2.16 bits per heavy atom. The minimum absolute atomic E-state index is 0.0206. The molecule has 5 unspecified atom stereocenters. The molecule has 1 heterocycles. The van der Waals surface area contributed by atoms with Crippen molar-refractivity contribution in [1.29, 1.82) is 0 Å². The summed E-state index contributed by atoms with van der Waals surface area (Å²) in [5.41, 5.74) is 7.18. The predicted octanol–water partition coefficient (Wildman–Crippen LogP) is 3.51. The number of ether oxygens (including phenoxy) is 2. The number of thioether (sulfide) groups is 1. The molecule has 1 aliphatic carbocycles. The number of hydrogen-bond acceptors (Lipinski definition) is 6. The Hall–Kier alpha value is -1.28.